The molecule has 0 unspecified atom stereocenters. The van der Waals surface area contributed by atoms with E-state index in [-0.39, 0.29) is 10.0 Å². The molecule has 174 valence electrons. The fourth-order valence-corrected chi connectivity index (χ4v) is 2.89. The predicted molar refractivity (Wildman–Crippen MR) is 139 cm³/mol. The van der Waals surface area contributed by atoms with Crippen LogP contribution in [0.2, 0.25) is 0 Å². The minimum absolute atomic E-state index is 0.177. The summed E-state index contributed by atoms with van der Waals surface area (Å²) in [4.78, 5) is -0.177. The maximum absolute atomic E-state index is 11.3. The summed E-state index contributed by atoms with van der Waals surface area (Å²) in [5, 5.41) is 18.7. The van der Waals surface area contributed by atoms with Crippen LogP contribution in [0.4, 0.5) is 5.69 Å². The van der Waals surface area contributed by atoms with Gasteiger partial charge in [-0.25, -0.2) is 0 Å². The van der Waals surface area contributed by atoms with Gasteiger partial charge in [0, 0.05) is 18.1 Å². The summed E-state index contributed by atoms with van der Waals surface area (Å²) in [6.07, 6.45) is 0. The second-order valence-corrected chi connectivity index (χ2v) is 8.55. The summed E-state index contributed by atoms with van der Waals surface area (Å²) in [5.41, 5.74) is 7.25. The van der Waals surface area contributed by atoms with E-state index in [1.54, 1.807) is 45.2 Å². The van der Waals surface area contributed by atoms with Gasteiger partial charge in [0.1, 0.15) is 0 Å². The minimum Gasteiger partial charge on any atom is -0.364 e. The molecule has 10 nitrogen and oxygen atoms in total. The fourth-order valence-electron chi connectivity index (χ4n) is 2.17. The molecule has 2 aromatic carbocycles. The van der Waals surface area contributed by atoms with Crippen LogP contribution in [0.3, 0.4) is 0 Å². The zero-order chi connectivity index (χ0) is 24.3. The lowest BCUT2D eigenvalue weighted by atomic mass is 10.1. The average molecular weight is 498 g/mol. The van der Waals surface area contributed by atoms with Crippen LogP contribution in [0.5, 0.6) is 0 Å². The number of nitrogens with zero attached hydrogens (tertiary/aromatic N) is 2. The monoisotopic (exact) mass is 497 g/mol. The zero-order valence-corrected chi connectivity index (χ0v) is 20.8. The van der Waals surface area contributed by atoms with Crippen LogP contribution >= 0.6 is 24.4 Å². The average Bonchev–Trinajstić information content (AvgIpc) is 2.75. The fraction of sp³-hybridized carbons (Fsp3) is 0.263. The van der Waals surface area contributed by atoms with Gasteiger partial charge in [0.25, 0.3) is 10.1 Å². The van der Waals surface area contributed by atoms with Gasteiger partial charge < -0.3 is 16.0 Å². The second-order valence-electron chi connectivity index (χ2n) is 6.31. The molecule has 0 aliphatic heterocycles. The van der Waals surface area contributed by atoms with Crippen molar-refractivity contribution >= 4 is 72.7 Å². The number of benzene rings is 2. The number of nitrogens with one attached hydrogen (secondary N) is 5. The maximum Gasteiger partial charge on any atom is 0.294 e. The number of hydrogen-bond acceptors (Lipinski definition) is 7. The minimum atomic E-state index is -4.27. The second kappa shape index (κ2) is 13.0. The first-order valence-corrected chi connectivity index (χ1v) is 11.5. The van der Waals surface area contributed by atoms with Crippen molar-refractivity contribution in [2.24, 2.45) is 10.2 Å². The normalized spacial score (nSPS) is 11.8. The Bertz CT molecular complexity index is 1130. The molecule has 0 heterocycles. The van der Waals surface area contributed by atoms with Crippen LogP contribution in [-0.4, -0.2) is 55.8 Å². The lowest BCUT2D eigenvalue weighted by Gasteiger charge is -2.11. The van der Waals surface area contributed by atoms with Crippen LogP contribution in [0.15, 0.2) is 51.5 Å². The first-order valence-electron chi connectivity index (χ1n) is 9.25. The van der Waals surface area contributed by atoms with Gasteiger partial charge in [0.15, 0.2) is 10.2 Å². The van der Waals surface area contributed by atoms with E-state index in [2.05, 4.69) is 37.0 Å². The number of thiocarbonyl (C=S) groups is 2. The molecule has 0 saturated carbocycles. The van der Waals surface area contributed by atoms with Crippen LogP contribution in [-0.2, 0) is 10.1 Å². The summed E-state index contributed by atoms with van der Waals surface area (Å²) in [6.45, 7) is 3.52. The van der Waals surface area contributed by atoms with E-state index in [1.165, 1.54) is 12.1 Å². The largest absolute Gasteiger partial charge is 0.364 e. The van der Waals surface area contributed by atoms with E-state index >= 15 is 0 Å². The van der Waals surface area contributed by atoms with Crippen molar-refractivity contribution in [3.05, 3.63) is 36.4 Å². The van der Waals surface area contributed by atoms with E-state index in [0.717, 1.165) is 5.39 Å². The molecule has 6 N–H and O–H groups in total. The van der Waals surface area contributed by atoms with Crippen molar-refractivity contribution in [2.45, 2.75) is 18.7 Å². The molecule has 0 aliphatic rings. The number of rotatable bonds is 5. The molecule has 2 rings (SSSR count). The van der Waals surface area contributed by atoms with Gasteiger partial charge in [-0.2, -0.15) is 18.6 Å². The molecule has 0 spiro atoms. The van der Waals surface area contributed by atoms with Gasteiger partial charge in [-0.3, -0.25) is 15.4 Å². The Morgan fingerprint density at radius 3 is 2.03 bits per heavy atom. The molecule has 13 heteroatoms. The van der Waals surface area contributed by atoms with Gasteiger partial charge in [-0.15, -0.1) is 0 Å². The highest BCUT2D eigenvalue weighted by Gasteiger charge is 2.11. The maximum atomic E-state index is 11.3. The Labute approximate surface area is 198 Å². The molecular weight excluding hydrogens is 470 g/mol. The molecule has 0 aliphatic carbocycles. The molecule has 0 radical (unpaired) electrons. The molecule has 0 atom stereocenters. The van der Waals surface area contributed by atoms with Crippen LogP contribution in [0.1, 0.15) is 13.8 Å². The lowest BCUT2D eigenvalue weighted by molar-refractivity contribution is 0.483. The third kappa shape index (κ3) is 8.80. The molecule has 0 amide bonds. The Kier molecular flexibility index (Phi) is 11.1. The topological polar surface area (TPSA) is 139 Å². The number of hydrogen-bond donors (Lipinski definition) is 6. The van der Waals surface area contributed by atoms with Crippen molar-refractivity contribution in [1.82, 2.24) is 21.5 Å². The molecule has 0 bridgehead atoms. The molecule has 0 fully saturated rings. The number of anilines is 1. The molecule has 32 heavy (non-hydrogen) atoms. The van der Waals surface area contributed by atoms with Crippen molar-refractivity contribution in [1.29, 1.82) is 0 Å². The van der Waals surface area contributed by atoms with E-state index in [4.69, 9.17) is 24.4 Å². The van der Waals surface area contributed by atoms with Crippen LogP contribution in [0, 0.1) is 0 Å². The van der Waals surface area contributed by atoms with Crippen LogP contribution < -0.4 is 26.8 Å². The Morgan fingerprint density at radius 2 is 1.50 bits per heavy atom. The van der Waals surface area contributed by atoms with Crippen molar-refractivity contribution in [3.63, 3.8) is 0 Å². The summed E-state index contributed by atoms with van der Waals surface area (Å²) in [6, 6.07) is 9.56. The smallest absolute Gasteiger partial charge is 0.294 e. The lowest BCUT2D eigenvalue weighted by Crippen LogP contribution is -2.30. The molecule has 0 saturated heterocycles. The van der Waals surface area contributed by atoms with Gasteiger partial charge in [-0.05, 0) is 76.0 Å². The molecule has 0 aromatic heterocycles. The predicted octanol–water partition coefficient (Wildman–Crippen LogP) is 2.05. The third-order valence-electron chi connectivity index (χ3n) is 3.80. The Morgan fingerprint density at radius 1 is 0.938 bits per heavy atom. The summed E-state index contributed by atoms with van der Waals surface area (Å²) in [7, 11) is 1.16. The van der Waals surface area contributed by atoms with E-state index < -0.39 is 10.1 Å². The SMILES string of the molecule is CNC.CNC(=S)N/N=C(C)/C(C)=N\NC(=S)Nc1cccc2cc(S(=O)(=O)O)ccc12. The highest BCUT2D eigenvalue weighted by molar-refractivity contribution is 7.85. The Balaban J connectivity index is 0.00000161. The molecule has 2 aromatic rings. The summed E-state index contributed by atoms with van der Waals surface area (Å²) < 4.78 is 31.8. The first kappa shape index (κ1) is 27.3. The number of fused-ring (bicyclic) bond motifs is 1. The quantitative estimate of drug-likeness (QED) is 0.157. The van der Waals surface area contributed by atoms with Crippen molar-refractivity contribution < 1.29 is 13.0 Å². The standard InChI is InChI=1S/C17H20N6O3S3.C2H7N/c1-10(20-22-16(27)18-3)11(2)21-23-17(28)19-15-6-4-5-12-9-13(29(24,25)26)7-8-14(12)15;1-3-2/h4-9H,1-3H3,(H2,18,22,27)(H2,19,23,28)(H,24,25,26);3H,1-2H3/b20-10+,21-11-;. The van der Waals surface area contributed by atoms with Gasteiger partial charge >= 0.3 is 0 Å². The summed E-state index contributed by atoms with van der Waals surface area (Å²) in [5.74, 6) is 0. The highest BCUT2D eigenvalue weighted by Crippen LogP contribution is 2.26. The zero-order valence-electron chi connectivity index (χ0n) is 18.3. The number of hydrazone groups is 2. The van der Waals surface area contributed by atoms with E-state index in [1.807, 2.05) is 14.1 Å². The van der Waals surface area contributed by atoms with Gasteiger partial charge in [0.05, 0.1) is 16.3 Å². The van der Waals surface area contributed by atoms with Gasteiger partial charge in [-0.1, -0.05) is 18.2 Å². The summed E-state index contributed by atoms with van der Waals surface area (Å²) >= 11 is 10.2. The van der Waals surface area contributed by atoms with Crippen LogP contribution in [0.25, 0.3) is 10.8 Å². The van der Waals surface area contributed by atoms with Gasteiger partial charge in [0.2, 0.25) is 0 Å². The van der Waals surface area contributed by atoms with E-state index in [9.17, 15) is 13.0 Å². The van der Waals surface area contributed by atoms with E-state index in [0.29, 0.717) is 27.6 Å². The highest BCUT2D eigenvalue weighted by atomic mass is 32.2. The Hall–Kier alpha value is -2.71. The molecular formula is C19H27N7O3S3. The third-order valence-corrected chi connectivity index (χ3v) is 5.14. The van der Waals surface area contributed by atoms with Crippen molar-refractivity contribution in [3.8, 4) is 0 Å². The first-order chi connectivity index (χ1) is 15.0. The van der Waals surface area contributed by atoms with Crippen molar-refractivity contribution in [2.75, 3.05) is 26.5 Å².